The molecule has 2 atom stereocenters. The molecule has 0 spiro atoms. The normalized spacial score (nSPS) is 18.8. The van der Waals surface area contributed by atoms with Crippen LogP contribution in [0.2, 0.25) is 5.02 Å². The Balaban J connectivity index is 1.48. The molecular formula is C27H27ClN2O3. The topological polar surface area (TPSA) is 43.3 Å². The van der Waals surface area contributed by atoms with Crippen LogP contribution in [0, 0.1) is 0 Å². The van der Waals surface area contributed by atoms with E-state index in [-0.39, 0.29) is 12.3 Å². The number of benzene rings is 3. The van der Waals surface area contributed by atoms with E-state index in [0.29, 0.717) is 18.2 Å². The van der Waals surface area contributed by atoms with Gasteiger partial charge in [0.1, 0.15) is 17.2 Å². The number of hydrogen-bond acceptors (Lipinski definition) is 5. The third-order valence-corrected chi connectivity index (χ3v) is 6.12. The van der Waals surface area contributed by atoms with Gasteiger partial charge in [-0.15, -0.1) is 0 Å². The average molecular weight is 463 g/mol. The molecule has 2 aliphatic rings. The molecule has 0 aromatic heterocycles. The van der Waals surface area contributed by atoms with Crippen molar-refractivity contribution >= 4 is 17.3 Å². The van der Waals surface area contributed by atoms with Gasteiger partial charge in [-0.25, -0.2) is 5.01 Å². The second-order valence-corrected chi connectivity index (χ2v) is 8.61. The van der Waals surface area contributed by atoms with Crippen LogP contribution in [0.15, 0.2) is 71.8 Å². The van der Waals surface area contributed by atoms with E-state index >= 15 is 0 Å². The highest BCUT2D eigenvalue weighted by Gasteiger charge is 2.41. The van der Waals surface area contributed by atoms with Crippen molar-refractivity contribution in [1.29, 1.82) is 0 Å². The van der Waals surface area contributed by atoms with Crippen molar-refractivity contribution in [3.63, 3.8) is 0 Å². The lowest BCUT2D eigenvalue weighted by molar-refractivity contribution is -0.0190. The Bertz CT molecular complexity index is 1150. The van der Waals surface area contributed by atoms with Gasteiger partial charge in [0.05, 0.1) is 25.0 Å². The number of halogens is 1. The molecule has 0 radical (unpaired) electrons. The molecule has 2 heterocycles. The molecule has 0 saturated carbocycles. The number of rotatable bonds is 7. The first-order valence-corrected chi connectivity index (χ1v) is 11.8. The average Bonchev–Trinajstić information content (AvgIpc) is 3.29. The lowest BCUT2D eigenvalue weighted by atomic mass is 9.96. The Morgan fingerprint density at radius 2 is 1.70 bits per heavy atom. The Morgan fingerprint density at radius 1 is 0.970 bits per heavy atom. The second kappa shape index (κ2) is 9.36. The van der Waals surface area contributed by atoms with Crippen molar-refractivity contribution < 1.29 is 14.2 Å². The molecule has 5 rings (SSSR count). The SMILES string of the molecule is CCCOc1ccc([C@@H]2Oc3ccc(Cl)cc3[C@H]3CC(c4ccc(OCC)cc4)=NN32)cc1. The number of nitrogens with zero attached hydrogens (tertiary/aromatic N) is 2. The molecule has 0 aliphatic carbocycles. The van der Waals surface area contributed by atoms with E-state index in [9.17, 15) is 0 Å². The Labute approximate surface area is 199 Å². The predicted octanol–water partition coefficient (Wildman–Crippen LogP) is 6.77. The highest BCUT2D eigenvalue weighted by Crippen LogP contribution is 2.48. The molecule has 33 heavy (non-hydrogen) atoms. The summed E-state index contributed by atoms with van der Waals surface area (Å²) in [6.07, 6.45) is 1.42. The molecule has 0 unspecified atom stereocenters. The zero-order valence-electron chi connectivity index (χ0n) is 18.8. The summed E-state index contributed by atoms with van der Waals surface area (Å²) in [5.74, 6) is 2.57. The Kier molecular flexibility index (Phi) is 6.14. The largest absolute Gasteiger partial charge is 0.494 e. The van der Waals surface area contributed by atoms with Crippen molar-refractivity contribution in [2.24, 2.45) is 5.10 Å². The lowest BCUT2D eigenvalue weighted by Gasteiger charge is -2.38. The second-order valence-electron chi connectivity index (χ2n) is 8.17. The smallest absolute Gasteiger partial charge is 0.213 e. The van der Waals surface area contributed by atoms with Crippen LogP contribution in [0.1, 0.15) is 55.6 Å². The third kappa shape index (κ3) is 4.38. The lowest BCUT2D eigenvalue weighted by Crippen LogP contribution is -2.33. The highest BCUT2D eigenvalue weighted by molar-refractivity contribution is 6.30. The van der Waals surface area contributed by atoms with Crippen LogP contribution in [0.4, 0.5) is 0 Å². The minimum atomic E-state index is -0.330. The van der Waals surface area contributed by atoms with Crippen LogP contribution in [0.3, 0.4) is 0 Å². The summed E-state index contributed by atoms with van der Waals surface area (Å²) in [4.78, 5) is 0. The van der Waals surface area contributed by atoms with Gasteiger partial charge >= 0.3 is 0 Å². The summed E-state index contributed by atoms with van der Waals surface area (Å²) >= 11 is 6.34. The zero-order chi connectivity index (χ0) is 22.8. The summed E-state index contributed by atoms with van der Waals surface area (Å²) < 4.78 is 17.8. The van der Waals surface area contributed by atoms with Crippen LogP contribution >= 0.6 is 11.6 Å². The summed E-state index contributed by atoms with van der Waals surface area (Å²) in [5.41, 5.74) is 4.19. The van der Waals surface area contributed by atoms with Gasteiger partial charge in [-0.1, -0.05) is 18.5 Å². The van der Waals surface area contributed by atoms with Crippen molar-refractivity contribution in [3.8, 4) is 17.2 Å². The molecule has 2 aliphatic heterocycles. The first kappa shape index (κ1) is 21.7. The number of hydrogen-bond donors (Lipinski definition) is 0. The maximum absolute atomic E-state index is 6.44. The van der Waals surface area contributed by atoms with Gasteiger partial charge in [-0.05, 0) is 85.6 Å². The molecule has 0 amide bonds. The minimum absolute atomic E-state index is 0.0510. The fourth-order valence-corrected chi connectivity index (χ4v) is 4.49. The first-order chi connectivity index (χ1) is 16.2. The van der Waals surface area contributed by atoms with Crippen LogP contribution in [0.5, 0.6) is 17.2 Å². The molecule has 0 N–H and O–H groups in total. The van der Waals surface area contributed by atoms with Gasteiger partial charge in [0.2, 0.25) is 6.23 Å². The fourth-order valence-electron chi connectivity index (χ4n) is 4.31. The Hall–Kier alpha value is -3.18. The first-order valence-electron chi connectivity index (χ1n) is 11.4. The summed E-state index contributed by atoms with van der Waals surface area (Å²) in [6.45, 7) is 5.44. The summed E-state index contributed by atoms with van der Waals surface area (Å²) in [7, 11) is 0. The number of ether oxygens (including phenoxy) is 3. The van der Waals surface area contributed by atoms with E-state index in [1.54, 1.807) is 0 Å². The van der Waals surface area contributed by atoms with Crippen LogP contribution in [-0.2, 0) is 0 Å². The van der Waals surface area contributed by atoms with Crippen LogP contribution in [-0.4, -0.2) is 23.9 Å². The summed E-state index contributed by atoms with van der Waals surface area (Å²) in [5, 5.41) is 7.78. The van der Waals surface area contributed by atoms with Gasteiger partial charge in [0, 0.05) is 22.6 Å². The molecule has 0 bridgehead atoms. The number of hydrazone groups is 1. The van der Waals surface area contributed by atoms with Gasteiger partial charge in [-0.3, -0.25) is 0 Å². The predicted molar refractivity (Wildman–Crippen MR) is 130 cm³/mol. The monoisotopic (exact) mass is 462 g/mol. The molecule has 3 aromatic carbocycles. The summed E-state index contributed by atoms with van der Waals surface area (Å²) in [6, 6.07) is 22.1. The van der Waals surface area contributed by atoms with Crippen molar-refractivity contribution in [1.82, 2.24) is 5.01 Å². The van der Waals surface area contributed by atoms with E-state index in [1.807, 2.05) is 49.4 Å². The molecular weight excluding hydrogens is 436 g/mol. The number of fused-ring (bicyclic) bond motifs is 3. The maximum Gasteiger partial charge on any atom is 0.213 e. The van der Waals surface area contributed by atoms with E-state index in [0.717, 1.165) is 52.5 Å². The van der Waals surface area contributed by atoms with E-state index < -0.39 is 0 Å². The molecule has 5 nitrogen and oxygen atoms in total. The maximum atomic E-state index is 6.44. The van der Waals surface area contributed by atoms with Crippen LogP contribution < -0.4 is 14.2 Å². The Morgan fingerprint density at radius 3 is 2.42 bits per heavy atom. The van der Waals surface area contributed by atoms with Gasteiger partial charge in [0.25, 0.3) is 0 Å². The molecule has 3 aromatic rings. The van der Waals surface area contributed by atoms with E-state index in [1.165, 1.54) is 0 Å². The molecule has 0 fully saturated rings. The minimum Gasteiger partial charge on any atom is -0.494 e. The van der Waals surface area contributed by atoms with E-state index in [2.05, 4.69) is 36.2 Å². The van der Waals surface area contributed by atoms with Gasteiger partial charge in [0.15, 0.2) is 0 Å². The van der Waals surface area contributed by atoms with Crippen molar-refractivity contribution in [3.05, 3.63) is 88.4 Å². The van der Waals surface area contributed by atoms with Crippen molar-refractivity contribution in [2.45, 2.75) is 39.0 Å². The molecule has 0 saturated heterocycles. The van der Waals surface area contributed by atoms with Crippen molar-refractivity contribution in [2.75, 3.05) is 13.2 Å². The van der Waals surface area contributed by atoms with Crippen LogP contribution in [0.25, 0.3) is 0 Å². The zero-order valence-corrected chi connectivity index (χ0v) is 19.6. The van der Waals surface area contributed by atoms with E-state index in [4.69, 9.17) is 30.9 Å². The molecule has 6 heteroatoms. The standard InChI is InChI=1S/C27H27ClN2O3/c1-3-15-32-22-12-7-19(8-13-22)27-30-25(23-16-20(28)9-14-26(23)33-27)17-24(29-30)18-5-10-21(11-6-18)31-4-2/h5-14,16,25,27H,3-4,15,17H2,1-2H3/t25-,27+/m1/s1. The highest BCUT2D eigenvalue weighted by atomic mass is 35.5. The van der Waals surface area contributed by atoms with Gasteiger partial charge < -0.3 is 14.2 Å². The third-order valence-electron chi connectivity index (χ3n) is 5.89. The van der Waals surface area contributed by atoms with Gasteiger partial charge in [-0.2, -0.15) is 5.10 Å². The molecule has 170 valence electrons. The quantitative estimate of drug-likeness (QED) is 0.388. The fraction of sp³-hybridized carbons (Fsp3) is 0.296.